The number of hydrogen-bond acceptors (Lipinski definition) is 6. The van der Waals surface area contributed by atoms with Crippen molar-refractivity contribution in [1.29, 1.82) is 0 Å². The summed E-state index contributed by atoms with van der Waals surface area (Å²) in [6.45, 7) is 2.47. The highest BCUT2D eigenvalue weighted by atomic mass is 19.4. The fourth-order valence-corrected chi connectivity index (χ4v) is 4.54. The van der Waals surface area contributed by atoms with Gasteiger partial charge in [-0.15, -0.1) is 0 Å². The number of carboxylic acid groups (broad SMARTS) is 2. The third-order valence-corrected chi connectivity index (χ3v) is 6.19. The van der Waals surface area contributed by atoms with Gasteiger partial charge in [-0.3, -0.25) is 14.5 Å². The van der Waals surface area contributed by atoms with Gasteiger partial charge >= 0.3 is 18.1 Å². The van der Waals surface area contributed by atoms with Crippen LogP contribution in [0.3, 0.4) is 0 Å². The topological polar surface area (TPSA) is 153 Å². The molecule has 2 amide bonds. The average molecular weight is 474 g/mol. The standard InChI is InChI=1S/C18H24N4O4.C2HF3O2/c19-14-13-4-3-10(15(18(25)26)22(13)17(14)24)8-11-5-7-21(16(11)23)12-2-1-6-20-9-12;3-2(4,5)1(6)7/h8,12-14,20H,1-7,9,19H2,(H,25,26);(H,6,7)/t12?,13-,14+;/m1./s1. The van der Waals surface area contributed by atoms with E-state index in [4.69, 9.17) is 15.6 Å². The highest BCUT2D eigenvalue weighted by Gasteiger charge is 2.50. The van der Waals surface area contributed by atoms with Gasteiger partial charge in [-0.25, -0.2) is 9.59 Å². The second kappa shape index (κ2) is 9.51. The van der Waals surface area contributed by atoms with E-state index in [1.165, 1.54) is 4.90 Å². The van der Waals surface area contributed by atoms with Crippen molar-refractivity contribution >= 4 is 23.8 Å². The largest absolute Gasteiger partial charge is 0.490 e. The van der Waals surface area contributed by atoms with E-state index in [1.54, 1.807) is 6.08 Å². The Kier molecular flexibility index (Phi) is 7.12. The van der Waals surface area contributed by atoms with Gasteiger partial charge in [0, 0.05) is 24.7 Å². The second-order valence-corrected chi connectivity index (χ2v) is 8.24. The number of nitrogens with two attached hydrogens (primary N) is 1. The molecule has 0 aliphatic carbocycles. The number of rotatable bonds is 3. The van der Waals surface area contributed by atoms with E-state index in [9.17, 15) is 32.7 Å². The first-order valence-corrected chi connectivity index (χ1v) is 10.5. The molecule has 0 bridgehead atoms. The van der Waals surface area contributed by atoms with Crippen molar-refractivity contribution in [3.8, 4) is 0 Å². The van der Waals surface area contributed by atoms with Crippen molar-refractivity contribution in [2.75, 3.05) is 19.6 Å². The third kappa shape index (κ3) is 5.03. The number of carboxylic acids is 2. The second-order valence-electron chi connectivity index (χ2n) is 8.24. The number of nitrogens with one attached hydrogen (secondary N) is 1. The molecule has 4 aliphatic rings. The Morgan fingerprint density at radius 3 is 2.36 bits per heavy atom. The van der Waals surface area contributed by atoms with Gasteiger partial charge in [0.15, 0.2) is 0 Å². The van der Waals surface area contributed by atoms with E-state index >= 15 is 0 Å². The Balaban J connectivity index is 0.000000383. The highest BCUT2D eigenvalue weighted by molar-refractivity contribution is 6.01. The molecule has 0 spiro atoms. The average Bonchev–Trinajstić information content (AvgIpc) is 3.13. The number of aliphatic carboxylic acids is 2. The van der Waals surface area contributed by atoms with E-state index in [1.807, 2.05) is 4.90 Å². The quantitative estimate of drug-likeness (QED) is 0.334. The summed E-state index contributed by atoms with van der Waals surface area (Å²) in [7, 11) is 0. The first-order valence-electron chi connectivity index (χ1n) is 10.5. The summed E-state index contributed by atoms with van der Waals surface area (Å²) in [6, 6.07) is -0.637. The van der Waals surface area contributed by atoms with Crippen molar-refractivity contribution in [1.82, 2.24) is 15.1 Å². The number of carbonyl (C=O) groups excluding carboxylic acids is 2. The zero-order chi connectivity index (χ0) is 24.5. The molecule has 0 aromatic rings. The van der Waals surface area contributed by atoms with Crippen molar-refractivity contribution in [3.63, 3.8) is 0 Å². The number of alkyl halides is 3. The van der Waals surface area contributed by atoms with Crippen molar-refractivity contribution < 1.29 is 42.6 Å². The molecular weight excluding hydrogens is 449 g/mol. The van der Waals surface area contributed by atoms with Crippen LogP contribution in [-0.2, 0) is 19.2 Å². The predicted octanol–water partition coefficient (Wildman–Crippen LogP) is 0.201. The van der Waals surface area contributed by atoms with Gasteiger partial charge in [0.2, 0.25) is 11.8 Å². The molecule has 33 heavy (non-hydrogen) atoms. The molecule has 0 radical (unpaired) electrons. The van der Waals surface area contributed by atoms with Gasteiger partial charge in [-0.05, 0) is 50.3 Å². The van der Waals surface area contributed by atoms with Gasteiger partial charge in [0.05, 0.1) is 6.04 Å². The zero-order valence-electron chi connectivity index (χ0n) is 17.6. The Hall–Kier alpha value is -2.93. The minimum absolute atomic E-state index is 0.00830. The van der Waals surface area contributed by atoms with Gasteiger partial charge < -0.3 is 26.2 Å². The molecule has 3 saturated heterocycles. The molecule has 182 valence electrons. The molecule has 10 nitrogen and oxygen atoms in total. The number of halogens is 3. The van der Waals surface area contributed by atoms with Gasteiger partial charge in [0.1, 0.15) is 11.7 Å². The normalized spacial score (nSPS) is 28.8. The maximum atomic E-state index is 12.8. The molecule has 1 unspecified atom stereocenters. The van der Waals surface area contributed by atoms with Crippen LogP contribution in [0.1, 0.15) is 32.1 Å². The zero-order valence-corrected chi connectivity index (χ0v) is 17.6. The van der Waals surface area contributed by atoms with Crippen LogP contribution in [0.5, 0.6) is 0 Å². The van der Waals surface area contributed by atoms with Gasteiger partial charge in [0.25, 0.3) is 0 Å². The smallest absolute Gasteiger partial charge is 0.477 e. The summed E-state index contributed by atoms with van der Waals surface area (Å²) < 4.78 is 31.7. The maximum Gasteiger partial charge on any atom is 0.490 e. The van der Waals surface area contributed by atoms with Crippen LogP contribution in [0.2, 0.25) is 0 Å². The summed E-state index contributed by atoms with van der Waals surface area (Å²) in [5.41, 5.74) is 6.97. The molecule has 3 fully saturated rings. The molecule has 0 aromatic carbocycles. The number of allylic oxidation sites excluding steroid dienone is 2. The maximum absolute atomic E-state index is 12.8. The lowest BCUT2D eigenvalue weighted by atomic mass is 9.83. The lowest BCUT2D eigenvalue weighted by Crippen LogP contribution is -2.69. The number of piperidine rings is 1. The van der Waals surface area contributed by atoms with E-state index in [0.717, 1.165) is 25.9 Å². The van der Waals surface area contributed by atoms with Crippen LogP contribution >= 0.6 is 0 Å². The van der Waals surface area contributed by atoms with Crippen LogP contribution in [0.4, 0.5) is 13.2 Å². The van der Waals surface area contributed by atoms with E-state index in [-0.39, 0.29) is 29.6 Å². The van der Waals surface area contributed by atoms with Gasteiger partial charge in [-0.2, -0.15) is 13.2 Å². The van der Waals surface area contributed by atoms with Crippen LogP contribution in [0.25, 0.3) is 0 Å². The monoisotopic (exact) mass is 474 g/mol. The van der Waals surface area contributed by atoms with Crippen LogP contribution in [0, 0.1) is 0 Å². The van der Waals surface area contributed by atoms with Crippen molar-refractivity contribution in [2.45, 2.75) is 56.4 Å². The molecular formula is C20H25F3N4O6. The van der Waals surface area contributed by atoms with E-state index in [0.29, 0.717) is 37.0 Å². The Labute approximate surface area is 186 Å². The first kappa shape index (κ1) is 24.7. The summed E-state index contributed by atoms with van der Waals surface area (Å²) >= 11 is 0. The lowest BCUT2D eigenvalue weighted by Gasteiger charge is -2.48. The molecule has 4 heterocycles. The molecule has 4 aliphatic heterocycles. The Morgan fingerprint density at radius 2 is 1.82 bits per heavy atom. The van der Waals surface area contributed by atoms with Crippen molar-refractivity contribution in [3.05, 3.63) is 22.9 Å². The summed E-state index contributed by atoms with van der Waals surface area (Å²) in [5, 5.41) is 20.1. The summed E-state index contributed by atoms with van der Waals surface area (Å²) in [4.78, 5) is 48.6. The SMILES string of the molecule is N[C@@H]1C(=O)N2C(C(=O)O)=C(C=C3CCN(C4CCCNC4)C3=O)CC[C@H]12.O=C(O)C(F)(F)F. The van der Waals surface area contributed by atoms with Gasteiger partial charge in [-0.1, -0.05) is 0 Å². The highest BCUT2D eigenvalue weighted by Crippen LogP contribution is 2.37. The number of hydrogen-bond donors (Lipinski definition) is 4. The minimum Gasteiger partial charge on any atom is -0.477 e. The molecule has 3 atom stereocenters. The molecule has 0 saturated carbocycles. The predicted molar refractivity (Wildman–Crippen MR) is 107 cm³/mol. The number of β-lactam (4-membered cyclic amide) rings is 1. The fourth-order valence-electron chi connectivity index (χ4n) is 4.54. The summed E-state index contributed by atoms with van der Waals surface area (Å²) in [5.74, 6) is -4.26. The number of nitrogens with zero attached hydrogens (tertiary/aromatic N) is 2. The van der Waals surface area contributed by atoms with Crippen LogP contribution < -0.4 is 11.1 Å². The molecule has 0 aromatic heterocycles. The number of carbonyl (C=O) groups is 4. The number of amides is 2. The van der Waals surface area contributed by atoms with E-state index < -0.39 is 24.2 Å². The van der Waals surface area contributed by atoms with Crippen LogP contribution in [0.15, 0.2) is 22.9 Å². The van der Waals surface area contributed by atoms with Crippen molar-refractivity contribution in [2.24, 2.45) is 5.73 Å². The Bertz CT molecular complexity index is 910. The third-order valence-electron chi connectivity index (χ3n) is 6.19. The lowest BCUT2D eigenvalue weighted by molar-refractivity contribution is -0.192. The number of likely N-dealkylation sites (tertiary alicyclic amines) is 1. The van der Waals surface area contributed by atoms with E-state index in [2.05, 4.69) is 5.32 Å². The fraction of sp³-hybridized carbons (Fsp3) is 0.600. The number of fused-ring (bicyclic) bond motifs is 1. The summed E-state index contributed by atoms with van der Waals surface area (Å²) in [6.07, 6.45) is 0.439. The molecule has 5 N–H and O–H groups in total. The van der Waals surface area contributed by atoms with Crippen LogP contribution in [-0.4, -0.2) is 87.7 Å². The molecule has 4 rings (SSSR count). The minimum atomic E-state index is -5.08. The first-order chi connectivity index (χ1) is 15.4. The Morgan fingerprint density at radius 1 is 1.15 bits per heavy atom. The molecule has 13 heteroatoms.